The van der Waals surface area contributed by atoms with Gasteiger partial charge < -0.3 is 11.1 Å². The lowest BCUT2D eigenvalue weighted by Crippen LogP contribution is -2.23. The predicted octanol–water partition coefficient (Wildman–Crippen LogP) is 1.95. The maximum absolute atomic E-state index is 5.89. The first-order chi connectivity index (χ1) is 8.81. The Hall–Kier alpha value is -1.94. The highest BCUT2D eigenvalue weighted by molar-refractivity contribution is 5.39. The van der Waals surface area contributed by atoms with Crippen LogP contribution in [0.1, 0.15) is 24.1 Å². The molecule has 2 aromatic heterocycles. The number of pyridine rings is 2. The molecule has 0 fully saturated rings. The molecular formula is C14H18N4. The summed E-state index contributed by atoms with van der Waals surface area (Å²) in [7, 11) is 0. The van der Waals surface area contributed by atoms with E-state index in [1.165, 1.54) is 5.56 Å². The van der Waals surface area contributed by atoms with Crippen LogP contribution in [-0.4, -0.2) is 16.5 Å². The SMILES string of the molecule is CCNC(Cc1cccnc1N)c1cccnc1. The minimum Gasteiger partial charge on any atom is -0.383 e. The number of nitrogens with zero attached hydrogens (tertiary/aromatic N) is 2. The van der Waals surface area contributed by atoms with E-state index in [0.717, 1.165) is 18.5 Å². The van der Waals surface area contributed by atoms with Crippen molar-refractivity contribution in [2.24, 2.45) is 0 Å². The van der Waals surface area contributed by atoms with Gasteiger partial charge in [0.2, 0.25) is 0 Å². The van der Waals surface area contributed by atoms with Gasteiger partial charge in [-0.3, -0.25) is 4.98 Å². The monoisotopic (exact) mass is 242 g/mol. The summed E-state index contributed by atoms with van der Waals surface area (Å²) in [6, 6.07) is 8.18. The molecule has 0 saturated carbocycles. The lowest BCUT2D eigenvalue weighted by molar-refractivity contribution is 0.548. The Kier molecular flexibility index (Phi) is 4.25. The van der Waals surface area contributed by atoms with E-state index < -0.39 is 0 Å². The molecule has 2 aromatic rings. The van der Waals surface area contributed by atoms with Gasteiger partial charge in [-0.1, -0.05) is 19.1 Å². The van der Waals surface area contributed by atoms with E-state index >= 15 is 0 Å². The Morgan fingerprint density at radius 1 is 1.28 bits per heavy atom. The number of nitrogens with two attached hydrogens (primary N) is 1. The number of nitrogens with one attached hydrogen (secondary N) is 1. The van der Waals surface area contributed by atoms with Crippen LogP contribution in [0.25, 0.3) is 0 Å². The van der Waals surface area contributed by atoms with Crippen LogP contribution < -0.4 is 11.1 Å². The molecule has 0 aliphatic carbocycles. The average molecular weight is 242 g/mol. The zero-order valence-corrected chi connectivity index (χ0v) is 10.5. The molecule has 0 amide bonds. The summed E-state index contributed by atoms with van der Waals surface area (Å²) in [5, 5.41) is 3.45. The van der Waals surface area contributed by atoms with Crippen molar-refractivity contribution in [1.29, 1.82) is 0 Å². The van der Waals surface area contributed by atoms with Gasteiger partial charge in [-0.2, -0.15) is 0 Å². The summed E-state index contributed by atoms with van der Waals surface area (Å²) in [4.78, 5) is 8.29. The number of aromatic nitrogens is 2. The minimum absolute atomic E-state index is 0.218. The number of hydrogen-bond acceptors (Lipinski definition) is 4. The zero-order valence-electron chi connectivity index (χ0n) is 10.5. The Balaban J connectivity index is 2.19. The number of likely N-dealkylation sites (N-methyl/N-ethyl adjacent to an activating group) is 1. The van der Waals surface area contributed by atoms with Crippen LogP contribution in [0, 0.1) is 0 Å². The van der Waals surface area contributed by atoms with Crippen molar-refractivity contribution < 1.29 is 0 Å². The standard InChI is InChI=1S/C14H18N4/c1-2-17-13(12-6-3-7-16-10-12)9-11-5-4-8-18-14(11)15/h3-8,10,13,17H,2,9H2,1H3,(H2,15,18). The number of anilines is 1. The first kappa shape index (κ1) is 12.5. The van der Waals surface area contributed by atoms with Gasteiger partial charge in [0.25, 0.3) is 0 Å². The Morgan fingerprint density at radius 2 is 2.11 bits per heavy atom. The molecule has 1 atom stereocenters. The van der Waals surface area contributed by atoms with Gasteiger partial charge in [0.05, 0.1) is 0 Å². The number of hydrogen-bond donors (Lipinski definition) is 2. The highest BCUT2D eigenvalue weighted by Gasteiger charge is 2.12. The van der Waals surface area contributed by atoms with Gasteiger partial charge in [-0.05, 0) is 36.2 Å². The van der Waals surface area contributed by atoms with Gasteiger partial charge in [-0.15, -0.1) is 0 Å². The lowest BCUT2D eigenvalue weighted by atomic mass is 10.0. The average Bonchev–Trinajstić information content (AvgIpc) is 2.42. The number of rotatable bonds is 5. The van der Waals surface area contributed by atoms with E-state index in [1.807, 2.05) is 24.4 Å². The van der Waals surface area contributed by atoms with Gasteiger partial charge in [0.15, 0.2) is 0 Å². The molecular weight excluding hydrogens is 224 g/mol. The van der Waals surface area contributed by atoms with Crippen LogP contribution in [0.3, 0.4) is 0 Å². The molecule has 0 aromatic carbocycles. The third-order valence-electron chi connectivity index (χ3n) is 2.89. The highest BCUT2D eigenvalue weighted by atomic mass is 14.9. The maximum atomic E-state index is 5.89. The van der Waals surface area contributed by atoms with E-state index in [4.69, 9.17) is 5.73 Å². The molecule has 0 saturated heterocycles. The second-order valence-corrected chi connectivity index (χ2v) is 4.15. The molecule has 94 valence electrons. The Morgan fingerprint density at radius 3 is 2.78 bits per heavy atom. The van der Waals surface area contributed by atoms with Crippen molar-refractivity contribution in [2.45, 2.75) is 19.4 Å². The van der Waals surface area contributed by atoms with E-state index in [1.54, 1.807) is 12.4 Å². The molecule has 0 spiro atoms. The molecule has 18 heavy (non-hydrogen) atoms. The smallest absolute Gasteiger partial charge is 0.126 e. The molecule has 4 nitrogen and oxygen atoms in total. The molecule has 0 bridgehead atoms. The fraction of sp³-hybridized carbons (Fsp3) is 0.286. The van der Waals surface area contributed by atoms with E-state index in [9.17, 15) is 0 Å². The molecule has 0 aliphatic rings. The third-order valence-corrected chi connectivity index (χ3v) is 2.89. The molecule has 2 rings (SSSR count). The van der Waals surface area contributed by atoms with E-state index in [2.05, 4.69) is 28.3 Å². The van der Waals surface area contributed by atoms with Crippen molar-refractivity contribution in [1.82, 2.24) is 15.3 Å². The summed E-state index contributed by atoms with van der Waals surface area (Å²) in [6.45, 7) is 3.00. The summed E-state index contributed by atoms with van der Waals surface area (Å²) >= 11 is 0. The molecule has 2 heterocycles. The molecule has 0 radical (unpaired) electrons. The second kappa shape index (κ2) is 6.12. The van der Waals surface area contributed by atoms with Crippen LogP contribution in [-0.2, 0) is 6.42 Å². The topological polar surface area (TPSA) is 63.8 Å². The van der Waals surface area contributed by atoms with Crippen molar-refractivity contribution in [2.75, 3.05) is 12.3 Å². The maximum Gasteiger partial charge on any atom is 0.126 e. The van der Waals surface area contributed by atoms with Gasteiger partial charge >= 0.3 is 0 Å². The molecule has 1 unspecified atom stereocenters. The van der Waals surface area contributed by atoms with Crippen LogP contribution in [0.5, 0.6) is 0 Å². The van der Waals surface area contributed by atoms with Crippen molar-refractivity contribution in [3.05, 3.63) is 54.0 Å². The zero-order chi connectivity index (χ0) is 12.8. The third kappa shape index (κ3) is 3.05. The van der Waals surface area contributed by atoms with Crippen LogP contribution in [0.4, 0.5) is 5.82 Å². The summed E-state index contributed by atoms with van der Waals surface area (Å²) < 4.78 is 0. The number of nitrogen functional groups attached to an aromatic ring is 1. The van der Waals surface area contributed by atoms with Crippen molar-refractivity contribution in [3.63, 3.8) is 0 Å². The van der Waals surface area contributed by atoms with Gasteiger partial charge in [0.1, 0.15) is 5.82 Å². The largest absolute Gasteiger partial charge is 0.383 e. The quantitative estimate of drug-likeness (QED) is 0.841. The fourth-order valence-electron chi connectivity index (χ4n) is 1.98. The minimum atomic E-state index is 0.218. The van der Waals surface area contributed by atoms with Gasteiger partial charge in [0, 0.05) is 24.6 Å². The second-order valence-electron chi connectivity index (χ2n) is 4.15. The van der Waals surface area contributed by atoms with Crippen molar-refractivity contribution in [3.8, 4) is 0 Å². The van der Waals surface area contributed by atoms with E-state index in [-0.39, 0.29) is 6.04 Å². The van der Waals surface area contributed by atoms with Gasteiger partial charge in [-0.25, -0.2) is 4.98 Å². The summed E-state index contributed by atoms with van der Waals surface area (Å²) in [5.74, 6) is 0.601. The van der Waals surface area contributed by atoms with Crippen LogP contribution >= 0.6 is 0 Å². The summed E-state index contributed by atoms with van der Waals surface area (Å²) in [5.41, 5.74) is 8.12. The summed E-state index contributed by atoms with van der Waals surface area (Å²) in [6.07, 6.45) is 6.20. The van der Waals surface area contributed by atoms with Crippen LogP contribution in [0.15, 0.2) is 42.9 Å². The normalized spacial score (nSPS) is 12.3. The Bertz CT molecular complexity index is 484. The molecule has 4 heteroatoms. The fourth-order valence-corrected chi connectivity index (χ4v) is 1.98. The van der Waals surface area contributed by atoms with Crippen LogP contribution in [0.2, 0.25) is 0 Å². The molecule has 0 aliphatic heterocycles. The first-order valence-corrected chi connectivity index (χ1v) is 6.14. The van der Waals surface area contributed by atoms with Crippen molar-refractivity contribution >= 4 is 5.82 Å². The highest BCUT2D eigenvalue weighted by Crippen LogP contribution is 2.19. The molecule has 3 N–H and O–H groups in total. The van der Waals surface area contributed by atoms with E-state index in [0.29, 0.717) is 5.82 Å². The predicted molar refractivity (Wildman–Crippen MR) is 73.0 cm³/mol. The lowest BCUT2D eigenvalue weighted by Gasteiger charge is -2.18. The Labute approximate surface area is 107 Å². The first-order valence-electron chi connectivity index (χ1n) is 6.14.